The Hall–Kier alpha value is -3.04. The highest BCUT2D eigenvalue weighted by molar-refractivity contribution is 5.90. The zero-order chi connectivity index (χ0) is 28.3. The number of unbranched alkanes of at least 4 members (excludes halogenated alkanes) is 1. The van der Waals surface area contributed by atoms with Crippen LogP contribution in [0.15, 0.2) is 61.2 Å². The van der Waals surface area contributed by atoms with Gasteiger partial charge in [0.1, 0.15) is 0 Å². The second-order valence-corrected chi connectivity index (χ2v) is 10.8. The maximum absolute atomic E-state index is 12.3. The fourth-order valence-corrected chi connectivity index (χ4v) is 5.61. The molecule has 2 fully saturated rings. The molecule has 0 unspecified atom stereocenters. The number of carbonyl (C=O) groups is 2. The molecule has 2 aromatic rings. The third-order valence-corrected chi connectivity index (χ3v) is 7.77. The first-order valence-corrected chi connectivity index (χ1v) is 14.4. The minimum absolute atomic E-state index is 0.00326. The number of amides is 1. The summed E-state index contributed by atoms with van der Waals surface area (Å²) < 4.78 is 13.0. The lowest BCUT2D eigenvalue weighted by molar-refractivity contribution is -0.253. The molecule has 1 amide bonds. The average Bonchev–Trinajstić information content (AvgIpc) is 3.51. The predicted octanol–water partition coefficient (Wildman–Crippen LogP) is 5.74. The van der Waals surface area contributed by atoms with Crippen LogP contribution in [0.3, 0.4) is 0 Å². The monoisotopic (exact) mass is 550 g/mol. The zero-order valence-electron chi connectivity index (χ0n) is 23.2. The molecule has 1 aliphatic carbocycles. The number of aliphatic hydroxyl groups excluding tert-OH is 1. The van der Waals surface area contributed by atoms with E-state index in [4.69, 9.17) is 14.6 Å². The Bertz CT molecular complexity index is 1100. The predicted molar refractivity (Wildman–Crippen MR) is 154 cm³/mol. The van der Waals surface area contributed by atoms with Gasteiger partial charge >= 0.3 is 5.97 Å². The Kier molecular flexibility index (Phi) is 11.3. The Morgan fingerprint density at radius 1 is 0.975 bits per heavy atom. The molecule has 2 aliphatic rings. The number of hydrogen-bond acceptors (Lipinski definition) is 6. The van der Waals surface area contributed by atoms with Gasteiger partial charge in [-0.05, 0) is 48.9 Å². The van der Waals surface area contributed by atoms with Crippen molar-refractivity contribution in [2.24, 2.45) is 0 Å². The van der Waals surface area contributed by atoms with Crippen LogP contribution >= 0.6 is 0 Å². The van der Waals surface area contributed by atoms with E-state index in [-0.39, 0.29) is 37.6 Å². The first-order valence-electron chi connectivity index (χ1n) is 14.4. The van der Waals surface area contributed by atoms with Crippen LogP contribution in [-0.4, -0.2) is 52.2 Å². The lowest BCUT2D eigenvalue weighted by atomic mass is 9.99. The van der Waals surface area contributed by atoms with E-state index in [1.54, 1.807) is 0 Å². The van der Waals surface area contributed by atoms with Crippen molar-refractivity contribution >= 4 is 17.6 Å². The third kappa shape index (κ3) is 8.73. The number of carbonyl (C=O) groups excluding carboxylic acids is 1. The number of rotatable bonds is 14. The second-order valence-electron chi connectivity index (χ2n) is 10.8. The summed E-state index contributed by atoms with van der Waals surface area (Å²) in [4.78, 5) is 25.4. The largest absolute Gasteiger partial charge is 0.481 e. The van der Waals surface area contributed by atoms with Gasteiger partial charge in [-0.3, -0.25) is 14.5 Å². The van der Waals surface area contributed by atoms with Gasteiger partial charge in [0.25, 0.3) is 0 Å². The van der Waals surface area contributed by atoms with E-state index < -0.39 is 12.3 Å². The lowest BCUT2D eigenvalue weighted by Crippen LogP contribution is -2.43. The minimum Gasteiger partial charge on any atom is -0.481 e. The lowest BCUT2D eigenvalue weighted by Gasteiger charge is -2.39. The van der Waals surface area contributed by atoms with Crippen LogP contribution in [0, 0.1) is 0 Å². The number of nitrogens with one attached hydrogen (secondary N) is 1. The number of hydrogen-bond donors (Lipinski definition) is 3. The molecule has 1 heterocycles. The number of benzene rings is 2. The number of aliphatic hydroxyl groups is 1. The molecule has 1 aliphatic heterocycles. The molecule has 1 saturated heterocycles. The molecule has 8 heteroatoms. The molecule has 1 saturated carbocycles. The van der Waals surface area contributed by atoms with Crippen LogP contribution in [0.2, 0.25) is 0 Å². The summed E-state index contributed by atoms with van der Waals surface area (Å²) in [6, 6.07) is 16.0. The summed E-state index contributed by atoms with van der Waals surface area (Å²) in [6.07, 6.45) is 8.26. The van der Waals surface area contributed by atoms with E-state index in [1.807, 2.05) is 54.6 Å². The topological polar surface area (TPSA) is 108 Å². The highest BCUT2D eigenvalue weighted by Gasteiger charge is 2.34. The van der Waals surface area contributed by atoms with E-state index in [0.29, 0.717) is 24.6 Å². The summed E-state index contributed by atoms with van der Waals surface area (Å²) in [7, 11) is 0. The van der Waals surface area contributed by atoms with Crippen LogP contribution in [-0.2, 0) is 25.7 Å². The van der Waals surface area contributed by atoms with Gasteiger partial charge in [0.05, 0.1) is 18.8 Å². The van der Waals surface area contributed by atoms with Gasteiger partial charge in [0, 0.05) is 49.6 Å². The molecule has 0 spiro atoms. The smallest absolute Gasteiger partial charge is 0.303 e. The molecule has 3 atom stereocenters. The van der Waals surface area contributed by atoms with E-state index >= 15 is 0 Å². The highest BCUT2D eigenvalue weighted by Crippen LogP contribution is 2.39. The molecule has 216 valence electrons. The first-order chi connectivity index (χ1) is 19.4. The fraction of sp³-hybridized carbons (Fsp3) is 0.500. The molecule has 40 heavy (non-hydrogen) atoms. The van der Waals surface area contributed by atoms with E-state index in [0.717, 1.165) is 36.2 Å². The summed E-state index contributed by atoms with van der Waals surface area (Å²) >= 11 is 0. The Labute approximate surface area is 237 Å². The number of carboxylic acids is 1. The van der Waals surface area contributed by atoms with Crippen molar-refractivity contribution in [1.82, 2.24) is 4.90 Å². The maximum Gasteiger partial charge on any atom is 0.303 e. The van der Waals surface area contributed by atoms with Crippen LogP contribution in [0.25, 0.3) is 0 Å². The molecule has 3 N–H and O–H groups in total. The van der Waals surface area contributed by atoms with Crippen LogP contribution in [0.1, 0.15) is 86.9 Å². The van der Waals surface area contributed by atoms with E-state index in [1.165, 1.54) is 25.7 Å². The molecular weight excluding hydrogens is 508 g/mol. The molecule has 0 radical (unpaired) electrons. The SMILES string of the molecule is C=CCN(C[C@@H]1C[C@H](c2ccc(CO)cc2)O[C@H](c2ccc(NC(=O)CCCCC(=O)O)cc2)O1)C1CCCC1. The first kappa shape index (κ1) is 29.9. The van der Waals surface area contributed by atoms with Crippen molar-refractivity contribution in [3.63, 3.8) is 0 Å². The molecule has 8 nitrogen and oxygen atoms in total. The standard InChI is InChI=1S/C32H42N2O6/c1-2-19-34(27-7-3-4-8-27)21-28-20-29(24-13-11-23(22-35)12-14-24)40-32(39-28)25-15-17-26(18-16-25)33-30(36)9-5-6-10-31(37)38/h2,11-18,27-29,32,35H,1,3-10,19-22H2,(H,33,36)(H,37,38)/t28-,29+,32+/m0/s1. The molecule has 0 aromatic heterocycles. The number of carboxylic acid groups (broad SMARTS) is 1. The quantitative estimate of drug-likeness (QED) is 0.203. The van der Waals surface area contributed by atoms with Gasteiger partial charge < -0.3 is 25.0 Å². The number of anilines is 1. The molecule has 4 rings (SSSR count). The third-order valence-electron chi connectivity index (χ3n) is 7.77. The van der Waals surface area contributed by atoms with Gasteiger partial charge in [-0.1, -0.05) is 55.3 Å². The summed E-state index contributed by atoms with van der Waals surface area (Å²) in [5.74, 6) is -0.981. The highest BCUT2D eigenvalue weighted by atomic mass is 16.7. The number of nitrogens with zero attached hydrogens (tertiary/aromatic N) is 1. The van der Waals surface area contributed by atoms with Crippen LogP contribution in [0.5, 0.6) is 0 Å². The van der Waals surface area contributed by atoms with Crippen molar-refractivity contribution in [2.45, 2.75) is 88.9 Å². The maximum atomic E-state index is 12.3. The summed E-state index contributed by atoms with van der Waals surface area (Å²) in [5, 5.41) is 21.1. The Morgan fingerprint density at radius 2 is 1.65 bits per heavy atom. The zero-order valence-corrected chi connectivity index (χ0v) is 23.2. The summed E-state index contributed by atoms with van der Waals surface area (Å²) in [5.41, 5.74) is 3.46. The summed E-state index contributed by atoms with van der Waals surface area (Å²) in [6.45, 7) is 5.62. The van der Waals surface area contributed by atoms with Gasteiger partial charge in [-0.15, -0.1) is 6.58 Å². The van der Waals surface area contributed by atoms with Crippen molar-refractivity contribution in [1.29, 1.82) is 0 Å². The van der Waals surface area contributed by atoms with Crippen molar-refractivity contribution in [3.8, 4) is 0 Å². The van der Waals surface area contributed by atoms with Crippen molar-refractivity contribution in [2.75, 3.05) is 18.4 Å². The minimum atomic E-state index is -0.846. The van der Waals surface area contributed by atoms with E-state index in [9.17, 15) is 14.7 Å². The van der Waals surface area contributed by atoms with Crippen molar-refractivity contribution in [3.05, 3.63) is 77.9 Å². The molecular formula is C32H42N2O6. The molecule has 0 bridgehead atoms. The van der Waals surface area contributed by atoms with Gasteiger partial charge in [0.15, 0.2) is 6.29 Å². The Balaban J connectivity index is 1.44. The second kappa shape index (κ2) is 15.1. The normalized spacial score (nSPS) is 21.4. The van der Waals surface area contributed by atoms with Gasteiger partial charge in [-0.2, -0.15) is 0 Å². The van der Waals surface area contributed by atoms with E-state index in [2.05, 4.69) is 16.8 Å². The number of ether oxygens (including phenoxy) is 2. The fourth-order valence-electron chi connectivity index (χ4n) is 5.61. The Morgan fingerprint density at radius 3 is 2.30 bits per heavy atom. The van der Waals surface area contributed by atoms with Crippen LogP contribution < -0.4 is 5.32 Å². The van der Waals surface area contributed by atoms with Crippen LogP contribution in [0.4, 0.5) is 5.69 Å². The number of aliphatic carboxylic acids is 1. The van der Waals surface area contributed by atoms with Crippen molar-refractivity contribution < 1.29 is 29.3 Å². The molecule has 2 aromatic carbocycles. The van der Waals surface area contributed by atoms with Gasteiger partial charge in [0.2, 0.25) is 5.91 Å². The van der Waals surface area contributed by atoms with Gasteiger partial charge in [-0.25, -0.2) is 0 Å². The average molecular weight is 551 g/mol.